The van der Waals surface area contributed by atoms with Crippen LogP contribution in [0.5, 0.6) is 0 Å². The SMILES string of the molecule is C=CC(C)CCCC(C)CC(=C)CCC. The van der Waals surface area contributed by atoms with E-state index in [1.807, 2.05) is 0 Å². The summed E-state index contributed by atoms with van der Waals surface area (Å²) in [6, 6.07) is 0. The van der Waals surface area contributed by atoms with Crippen molar-refractivity contribution in [3.8, 4) is 0 Å². The zero-order valence-electron chi connectivity index (χ0n) is 10.9. The summed E-state index contributed by atoms with van der Waals surface area (Å²) in [6.45, 7) is 14.8. The first-order valence-corrected chi connectivity index (χ1v) is 6.39. The Bertz CT molecular complexity index is 178. The van der Waals surface area contributed by atoms with Crippen molar-refractivity contribution in [2.24, 2.45) is 11.8 Å². The predicted octanol–water partition coefficient (Wildman–Crippen LogP) is 5.36. The van der Waals surface area contributed by atoms with Gasteiger partial charge in [0.25, 0.3) is 0 Å². The van der Waals surface area contributed by atoms with E-state index in [2.05, 4.69) is 40.0 Å². The van der Waals surface area contributed by atoms with E-state index in [4.69, 9.17) is 0 Å². The van der Waals surface area contributed by atoms with E-state index in [0.29, 0.717) is 5.92 Å². The quantitative estimate of drug-likeness (QED) is 0.447. The van der Waals surface area contributed by atoms with E-state index in [-0.39, 0.29) is 0 Å². The minimum absolute atomic E-state index is 0.677. The molecule has 0 saturated carbocycles. The van der Waals surface area contributed by atoms with Crippen LogP contribution in [0, 0.1) is 11.8 Å². The Morgan fingerprint density at radius 1 is 1.27 bits per heavy atom. The largest absolute Gasteiger partial charge is 0.103 e. The molecule has 0 aromatic carbocycles. The first-order chi connectivity index (χ1) is 7.10. The molecule has 88 valence electrons. The summed E-state index contributed by atoms with van der Waals surface area (Å²) >= 11 is 0. The molecular weight excluding hydrogens is 180 g/mol. The molecule has 0 aliphatic heterocycles. The Morgan fingerprint density at radius 2 is 1.93 bits per heavy atom. The number of rotatable bonds is 9. The fraction of sp³-hybridized carbons (Fsp3) is 0.733. The number of hydrogen-bond donors (Lipinski definition) is 0. The Labute approximate surface area is 96.5 Å². The van der Waals surface area contributed by atoms with Crippen LogP contribution in [0.2, 0.25) is 0 Å². The maximum absolute atomic E-state index is 4.13. The molecule has 2 atom stereocenters. The van der Waals surface area contributed by atoms with Crippen molar-refractivity contribution >= 4 is 0 Å². The van der Waals surface area contributed by atoms with Crippen LogP contribution in [0.4, 0.5) is 0 Å². The highest BCUT2D eigenvalue weighted by Crippen LogP contribution is 2.20. The smallest absolute Gasteiger partial charge is 0.0265 e. The highest BCUT2D eigenvalue weighted by atomic mass is 14.1. The van der Waals surface area contributed by atoms with Gasteiger partial charge in [-0.3, -0.25) is 0 Å². The lowest BCUT2D eigenvalue weighted by molar-refractivity contribution is 0.466. The molecule has 0 aliphatic rings. The van der Waals surface area contributed by atoms with Crippen LogP contribution in [-0.2, 0) is 0 Å². The van der Waals surface area contributed by atoms with E-state index in [1.165, 1.54) is 44.1 Å². The fourth-order valence-electron chi connectivity index (χ4n) is 1.96. The van der Waals surface area contributed by atoms with Crippen molar-refractivity contribution in [2.45, 2.75) is 59.3 Å². The monoisotopic (exact) mass is 208 g/mol. The molecule has 0 amide bonds. The highest BCUT2D eigenvalue weighted by Gasteiger charge is 2.05. The third-order valence-electron chi connectivity index (χ3n) is 3.00. The summed E-state index contributed by atoms with van der Waals surface area (Å²) in [5.41, 5.74) is 1.43. The van der Waals surface area contributed by atoms with Crippen molar-refractivity contribution in [3.05, 3.63) is 24.8 Å². The Morgan fingerprint density at radius 3 is 2.47 bits per heavy atom. The molecule has 0 fully saturated rings. The topological polar surface area (TPSA) is 0 Å². The first kappa shape index (κ1) is 14.5. The molecule has 0 bridgehead atoms. The van der Waals surface area contributed by atoms with Gasteiger partial charge in [-0.1, -0.05) is 58.3 Å². The molecule has 0 aromatic rings. The van der Waals surface area contributed by atoms with Crippen LogP contribution in [0.3, 0.4) is 0 Å². The van der Waals surface area contributed by atoms with E-state index in [0.717, 1.165) is 5.92 Å². The standard InChI is InChI=1S/C15H28/c1-6-9-14(4)12-15(5)11-8-10-13(3)7-2/h7,13,15H,2,4,6,8-12H2,1,3,5H3. The van der Waals surface area contributed by atoms with Gasteiger partial charge in [0.2, 0.25) is 0 Å². The van der Waals surface area contributed by atoms with Crippen molar-refractivity contribution in [1.82, 2.24) is 0 Å². The third kappa shape index (κ3) is 8.47. The molecule has 0 heterocycles. The van der Waals surface area contributed by atoms with Gasteiger partial charge in [0.05, 0.1) is 0 Å². The van der Waals surface area contributed by atoms with Crippen molar-refractivity contribution in [1.29, 1.82) is 0 Å². The molecule has 0 spiro atoms. The van der Waals surface area contributed by atoms with E-state index >= 15 is 0 Å². The van der Waals surface area contributed by atoms with Crippen LogP contribution < -0.4 is 0 Å². The van der Waals surface area contributed by atoms with Crippen LogP contribution in [0.1, 0.15) is 59.3 Å². The maximum Gasteiger partial charge on any atom is -0.0265 e. The second kappa shape index (κ2) is 8.76. The molecule has 0 N–H and O–H groups in total. The Balaban J connectivity index is 3.52. The normalized spacial score (nSPS) is 14.6. The fourth-order valence-corrected chi connectivity index (χ4v) is 1.96. The van der Waals surface area contributed by atoms with Crippen LogP contribution in [0.15, 0.2) is 24.8 Å². The van der Waals surface area contributed by atoms with Crippen molar-refractivity contribution in [3.63, 3.8) is 0 Å². The second-order valence-corrected chi connectivity index (χ2v) is 4.95. The zero-order valence-corrected chi connectivity index (χ0v) is 10.9. The lowest BCUT2D eigenvalue weighted by atomic mass is 9.93. The minimum Gasteiger partial charge on any atom is -0.103 e. The van der Waals surface area contributed by atoms with Crippen LogP contribution in [-0.4, -0.2) is 0 Å². The molecule has 0 nitrogen and oxygen atoms in total. The Kier molecular flexibility index (Phi) is 8.46. The predicted molar refractivity (Wildman–Crippen MR) is 71.0 cm³/mol. The average Bonchev–Trinajstić information content (AvgIpc) is 2.17. The summed E-state index contributed by atoms with van der Waals surface area (Å²) in [4.78, 5) is 0. The summed E-state index contributed by atoms with van der Waals surface area (Å²) in [7, 11) is 0. The lowest BCUT2D eigenvalue weighted by Gasteiger charge is -2.13. The van der Waals surface area contributed by atoms with Crippen molar-refractivity contribution < 1.29 is 0 Å². The van der Waals surface area contributed by atoms with Gasteiger partial charge in [-0.25, -0.2) is 0 Å². The third-order valence-corrected chi connectivity index (χ3v) is 3.00. The van der Waals surface area contributed by atoms with Gasteiger partial charge in [0.1, 0.15) is 0 Å². The summed E-state index contributed by atoms with van der Waals surface area (Å²) in [5, 5.41) is 0. The van der Waals surface area contributed by atoms with E-state index in [1.54, 1.807) is 0 Å². The molecule has 15 heavy (non-hydrogen) atoms. The van der Waals surface area contributed by atoms with Crippen molar-refractivity contribution in [2.75, 3.05) is 0 Å². The van der Waals surface area contributed by atoms with E-state index < -0.39 is 0 Å². The molecule has 0 aliphatic carbocycles. The molecule has 0 aromatic heterocycles. The molecule has 2 unspecified atom stereocenters. The zero-order chi connectivity index (χ0) is 11.7. The van der Waals surface area contributed by atoms with Gasteiger partial charge in [0, 0.05) is 0 Å². The average molecular weight is 208 g/mol. The molecule has 0 radical (unpaired) electrons. The molecule has 0 rings (SSSR count). The van der Waals surface area contributed by atoms with Gasteiger partial charge >= 0.3 is 0 Å². The maximum atomic E-state index is 4.13. The van der Waals surface area contributed by atoms with Gasteiger partial charge in [0.15, 0.2) is 0 Å². The number of hydrogen-bond acceptors (Lipinski definition) is 0. The summed E-state index contributed by atoms with van der Waals surface area (Å²) in [6.07, 6.45) is 9.66. The summed E-state index contributed by atoms with van der Waals surface area (Å²) in [5.74, 6) is 1.48. The van der Waals surface area contributed by atoms with Gasteiger partial charge in [-0.05, 0) is 31.1 Å². The second-order valence-electron chi connectivity index (χ2n) is 4.95. The molecule has 0 heteroatoms. The van der Waals surface area contributed by atoms with Crippen LogP contribution >= 0.6 is 0 Å². The van der Waals surface area contributed by atoms with E-state index in [9.17, 15) is 0 Å². The van der Waals surface area contributed by atoms with Crippen LogP contribution in [0.25, 0.3) is 0 Å². The van der Waals surface area contributed by atoms with Gasteiger partial charge < -0.3 is 0 Å². The summed E-state index contributed by atoms with van der Waals surface area (Å²) < 4.78 is 0. The molecular formula is C15H28. The Hall–Kier alpha value is -0.520. The van der Waals surface area contributed by atoms with Gasteiger partial charge in [-0.2, -0.15) is 0 Å². The highest BCUT2D eigenvalue weighted by molar-refractivity contribution is 4.94. The first-order valence-electron chi connectivity index (χ1n) is 6.39. The van der Waals surface area contributed by atoms with Gasteiger partial charge in [-0.15, -0.1) is 6.58 Å². The lowest BCUT2D eigenvalue weighted by Crippen LogP contribution is -1.98. The number of allylic oxidation sites excluding steroid dienone is 2. The molecule has 0 saturated heterocycles. The minimum atomic E-state index is 0.677.